The van der Waals surface area contributed by atoms with Crippen LogP contribution in [-0.2, 0) is 9.59 Å². The van der Waals surface area contributed by atoms with Gasteiger partial charge in [0.05, 0.1) is 12.3 Å². The van der Waals surface area contributed by atoms with Crippen molar-refractivity contribution in [2.75, 3.05) is 29.5 Å². The molecule has 0 saturated carbocycles. The predicted molar refractivity (Wildman–Crippen MR) is 116 cm³/mol. The third kappa shape index (κ3) is 7.12. The number of nitrogens with one attached hydrogen (secondary N) is 3. The Morgan fingerprint density at radius 1 is 1.11 bits per heavy atom. The van der Waals surface area contributed by atoms with Gasteiger partial charge in [-0.2, -0.15) is 0 Å². The van der Waals surface area contributed by atoms with E-state index in [2.05, 4.69) is 40.0 Å². The highest BCUT2D eigenvalue weighted by atomic mass is 32.2. The molecule has 0 aliphatic rings. The van der Waals surface area contributed by atoms with Gasteiger partial charge in [-0.1, -0.05) is 54.6 Å². The summed E-state index contributed by atoms with van der Waals surface area (Å²) >= 11 is 2.72. The van der Waals surface area contributed by atoms with Crippen LogP contribution in [0, 0.1) is 26.7 Å². The number of aryl methyl sites for hydroxylation is 3. The number of anilines is 2. The minimum Gasteiger partial charge on any atom is -0.360 e. The summed E-state index contributed by atoms with van der Waals surface area (Å²) < 4.78 is 0.719. The van der Waals surface area contributed by atoms with E-state index < -0.39 is 0 Å². The van der Waals surface area contributed by atoms with Crippen molar-refractivity contribution in [1.82, 2.24) is 15.5 Å². The molecule has 1 heterocycles. The standard InChI is InChI=1S/C19H27N5O2S2/c1-11(2)8-21-18-23-24-19(28-18)27-10-16(26)20-9-15(25)22-17-13(4)6-12(3)7-14(17)5/h6-7,11H,8-10H2,1-5H3,(H,20,26)(H,21,23)(H,22,25). The number of hydrogen-bond acceptors (Lipinski definition) is 7. The summed E-state index contributed by atoms with van der Waals surface area (Å²) in [4.78, 5) is 24.2. The van der Waals surface area contributed by atoms with Gasteiger partial charge in [0.1, 0.15) is 0 Å². The van der Waals surface area contributed by atoms with Gasteiger partial charge in [-0.05, 0) is 37.8 Å². The van der Waals surface area contributed by atoms with E-state index in [0.717, 1.165) is 38.4 Å². The Bertz CT molecular complexity index is 812. The molecule has 7 nitrogen and oxygen atoms in total. The Labute approximate surface area is 174 Å². The number of carbonyl (C=O) groups excluding carboxylic acids is 2. The maximum absolute atomic E-state index is 12.1. The molecule has 0 atom stereocenters. The summed E-state index contributed by atoms with van der Waals surface area (Å²) in [6, 6.07) is 4.04. The molecule has 0 aliphatic heterocycles. The highest BCUT2D eigenvalue weighted by Crippen LogP contribution is 2.25. The molecule has 0 bridgehead atoms. The zero-order valence-electron chi connectivity index (χ0n) is 16.9. The second kappa shape index (κ2) is 10.4. The molecular weight excluding hydrogens is 394 g/mol. The van der Waals surface area contributed by atoms with E-state index in [1.54, 1.807) is 0 Å². The molecular formula is C19H27N5O2S2. The Hall–Kier alpha value is -2.13. The molecule has 152 valence electrons. The van der Waals surface area contributed by atoms with Crippen LogP contribution in [-0.4, -0.2) is 40.9 Å². The van der Waals surface area contributed by atoms with Crippen LogP contribution in [0.5, 0.6) is 0 Å². The van der Waals surface area contributed by atoms with Crippen molar-refractivity contribution in [2.45, 2.75) is 39.0 Å². The Morgan fingerprint density at radius 2 is 1.79 bits per heavy atom. The van der Waals surface area contributed by atoms with E-state index in [0.29, 0.717) is 5.92 Å². The van der Waals surface area contributed by atoms with Crippen molar-refractivity contribution < 1.29 is 9.59 Å². The molecule has 1 aromatic carbocycles. The number of aromatic nitrogens is 2. The average Bonchev–Trinajstić information content (AvgIpc) is 3.07. The van der Waals surface area contributed by atoms with E-state index >= 15 is 0 Å². The van der Waals surface area contributed by atoms with Gasteiger partial charge in [-0.25, -0.2) is 0 Å². The van der Waals surface area contributed by atoms with Gasteiger partial charge < -0.3 is 16.0 Å². The Kier molecular flexibility index (Phi) is 8.25. The van der Waals surface area contributed by atoms with Crippen molar-refractivity contribution in [3.63, 3.8) is 0 Å². The van der Waals surface area contributed by atoms with Crippen LogP contribution in [0.3, 0.4) is 0 Å². The van der Waals surface area contributed by atoms with Crippen LogP contribution in [0.25, 0.3) is 0 Å². The van der Waals surface area contributed by atoms with Gasteiger partial charge in [-0.15, -0.1) is 10.2 Å². The van der Waals surface area contributed by atoms with Crippen molar-refractivity contribution >= 4 is 45.7 Å². The zero-order chi connectivity index (χ0) is 20.7. The number of amides is 2. The summed E-state index contributed by atoms with van der Waals surface area (Å²) in [5.74, 6) is 0.243. The Morgan fingerprint density at radius 3 is 2.43 bits per heavy atom. The highest BCUT2D eigenvalue weighted by molar-refractivity contribution is 8.01. The third-order valence-corrected chi connectivity index (χ3v) is 5.80. The monoisotopic (exact) mass is 421 g/mol. The number of thioether (sulfide) groups is 1. The minimum absolute atomic E-state index is 0.0660. The van der Waals surface area contributed by atoms with Crippen LogP contribution in [0.1, 0.15) is 30.5 Å². The molecule has 0 unspecified atom stereocenters. The molecule has 0 fully saturated rings. The quantitative estimate of drug-likeness (QED) is 0.537. The zero-order valence-corrected chi connectivity index (χ0v) is 18.5. The fraction of sp³-hybridized carbons (Fsp3) is 0.474. The van der Waals surface area contributed by atoms with Gasteiger partial charge >= 0.3 is 0 Å². The summed E-state index contributed by atoms with van der Waals surface area (Å²) in [6.45, 7) is 10.9. The first kappa shape index (κ1) is 22.2. The molecule has 2 amide bonds. The summed E-state index contributed by atoms with van der Waals surface area (Å²) in [5, 5.41) is 17.6. The molecule has 0 saturated heterocycles. The van der Waals surface area contributed by atoms with Crippen LogP contribution < -0.4 is 16.0 Å². The fourth-order valence-electron chi connectivity index (χ4n) is 2.55. The normalized spacial score (nSPS) is 10.8. The SMILES string of the molecule is Cc1cc(C)c(NC(=O)CNC(=O)CSc2nnc(NCC(C)C)s2)c(C)c1. The van der Waals surface area contributed by atoms with Crippen LogP contribution in [0.4, 0.5) is 10.8 Å². The molecule has 2 aromatic rings. The van der Waals surface area contributed by atoms with Gasteiger partial charge in [0.2, 0.25) is 16.9 Å². The summed E-state index contributed by atoms with van der Waals surface area (Å²) in [7, 11) is 0. The third-order valence-electron chi connectivity index (χ3n) is 3.78. The second-order valence-electron chi connectivity index (χ2n) is 7.04. The number of rotatable bonds is 9. The van der Waals surface area contributed by atoms with Gasteiger partial charge in [0, 0.05) is 12.2 Å². The van der Waals surface area contributed by atoms with Crippen molar-refractivity contribution in [3.8, 4) is 0 Å². The molecule has 1 aromatic heterocycles. The van der Waals surface area contributed by atoms with Gasteiger partial charge in [0.25, 0.3) is 0 Å². The molecule has 3 N–H and O–H groups in total. The van der Waals surface area contributed by atoms with E-state index in [4.69, 9.17) is 0 Å². The fourth-order valence-corrected chi connectivity index (χ4v) is 4.14. The molecule has 0 spiro atoms. The number of hydrogen-bond donors (Lipinski definition) is 3. The van der Waals surface area contributed by atoms with Crippen molar-refractivity contribution in [1.29, 1.82) is 0 Å². The van der Waals surface area contributed by atoms with Crippen LogP contribution in [0.15, 0.2) is 16.5 Å². The summed E-state index contributed by atoms with van der Waals surface area (Å²) in [5.41, 5.74) is 3.96. The highest BCUT2D eigenvalue weighted by Gasteiger charge is 2.12. The average molecular weight is 422 g/mol. The Balaban J connectivity index is 1.74. The second-order valence-corrected chi connectivity index (χ2v) is 9.24. The summed E-state index contributed by atoms with van der Waals surface area (Å²) in [6.07, 6.45) is 0. The van der Waals surface area contributed by atoms with Crippen LogP contribution in [0.2, 0.25) is 0 Å². The maximum atomic E-state index is 12.1. The molecule has 0 aliphatic carbocycles. The first-order valence-corrected chi connectivity index (χ1v) is 10.9. The van der Waals surface area contributed by atoms with E-state index in [9.17, 15) is 9.59 Å². The lowest BCUT2D eigenvalue weighted by molar-refractivity contribution is -0.122. The minimum atomic E-state index is -0.246. The van der Waals surface area contributed by atoms with Crippen molar-refractivity contribution in [2.24, 2.45) is 5.92 Å². The van der Waals surface area contributed by atoms with Crippen molar-refractivity contribution in [3.05, 3.63) is 28.8 Å². The largest absolute Gasteiger partial charge is 0.360 e. The molecule has 2 rings (SSSR count). The predicted octanol–water partition coefficient (Wildman–Crippen LogP) is 3.38. The smallest absolute Gasteiger partial charge is 0.243 e. The number of carbonyl (C=O) groups is 2. The van der Waals surface area contributed by atoms with E-state index in [-0.39, 0.29) is 24.1 Å². The lowest BCUT2D eigenvalue weighted by Gasteiger charge is -2.13. The lowest BCUT2D eigenvalue weighted by Crippen LogP contribution is -2.34. The van der Waals surface area contributed by atoms with Crippen LogP contribution >= 0.6 is 23.1 Å². The van der Waals surface area contributed by atoms with Gasteiger partial charge in [-0.3, -0.25) is 9.59 Å². The molecule has 0 radical (unpaired) electrons. The lowest BCUT2D eigenvalue weighted by atomic mass is 10.1. The maximum Gasteiger partial charge on any atom is 0.243 e. The molecule has 28 heavy (non-hydrogen) atoms. The van der Waals surface area contributed by atoms with E-state index in [1.165, 1.54) is 23.1 Å². The first-order chi connectivity index (χ1) is 13.2. The number of nitrogens with zero attached hydrogens (tertiary/aromatic N) is 2. The topological polar surface area (TPSA) is 96.0 Å². The first-order valence-electron chi connectivity index (χ1n) is 9.09. The van der Waals surface area contributed by atoms with E-state index in [1.807, 2.05) is 32.9 Å². The molecule has 9 heteroatoms. The van der Waals surface area contributed by atoms with Gasteiger partial charge in [0.15, 0.2) is 4.34 Å². The number of benzene rings is 1.